The average molecular weight is 523 g/mol. The number of nitrogens with zero attached hydrogens (tertiary/aromatic N) is 4. The fourth-order valence-corrected chi connectivity index (χ4v) is 5.01. The van der Waals surface area contributed by atoms with Crippen LogP contribution < -0.4 is 8.37 Å². The van der Waals surface area contributed by atoms with Gasteiger partial charge in [0, 0.05) is 0 Å². The summed E-state index contributed by atoms with van der Waals surface area (Å²) in [6.45, 7) is 3.61. The summed E-state index contributed by atoms with van der Waals surface area (Å²) >= 11 is 0. The topological polar surface area (TPSA) is 138 Å². The standard InChI is InChI=1S/C24H18N4O6S2/c1-15-7-11-17(12-8-15)35(29,30)33-23-24(34-36(31,32)18-13-9-16(2)10-14-18)28-22-21(27-23)25-19-5-3-4-6-20(19)26-22/h3-14H,1-2H3. The van der Waals surface area contributed by atoms with Gasteiger partial charge in [0.2, 0.25) is 11.3 Å². The van der Waals surface area contributed by atoms with E-state index in [2.05, 4.69) is 19.9 Å². The van der Waals surface area contributed by atoms with Crippen LogP contribution in [0.5, 0.6) is 11.8 Å². The quantitative estimate of drug-likeness (QED) is 0.239. The number of fused-ring (bicyclic) bond motifs is 2. The predicted molar refractivity (Wildman–Crippen MR) is 131 cm³/mol. The van der Waals surface area contributed by atoms with Crippen molar-refractivity contribution in [1.29, 1.82) is 0 Å². The lowest BCUT2D eigenvalue weighted by atomic mass is 10.2. The van der Waals surface area contributed by atoms with E-state index in [1.54, 1.807) is 62.4 Å². The molecule has 0 amide bonds. The summed E-state index contributed by atoms with van der Waals surface area (Å²) in [5, 5.41) is 0. The number of aromatic nitrogens is 4. The van der Waals surface area contributed by atoms with Gasteiger partial charge in [0.15, 0.2) is 0 Å². The zero-order chi connectivity index (χ0) is 25.5. The molecule has 3 aromatic carbocycles. The first-order valence-corrected chi connectivity index (χ1v) is 13.4. The summed E-state index contributed by atoms with van der Waals surface area (Å²) in [5.41, 5.74) is 2.54. The monoisotopic (exact) mass is 522 g/mol. The number of hydrogen-bond acceptors (Lipinski definition) is 10. The molecule has 0 spiro atoms. The van der Waals surface area contributed by atoms with E-state index in [0.29, 0.717) is 11.0 Å². The van der Waals surface area contributed by atoms with Crippen LogP contribution >= 0.6 is 0 Å². The molecule has 0 N–H and O–H groups in total. The van der Waals surface area contributed by atoms with Crippen molar-refractivity contribution in [3.63, 3.8) is 0 Å². The van der Waals surface area contributed by atoms with Gasteiger partial charge < -0.3 is 8.37 Å². The smallest absolute Gasteiger partial charge is 0.340 e. The molecule has 0 bridgehead atoms. The van der Waals surface area contributed by atoms with Gasteiger partial charge in [-0.3, -0.25) is 0 Å². The zero-order valence-electron chi connectivity index (χ0n) is 19.0. The van der Waals surface area contributed by atoms with Crippen molar-refractivity contribution in [1.82, 2.24) is 19.9 Å². The molecule has 0 radical (unpaired) electrons. The molecule has 2 heterocycles. The second-order valence-electron chi connectivity index (χ2n) is 7.89. The number of rotatable bonds is 6. The molecular formula is C24H18N4O6S2. The maximum absolute atomic E-state index is 13.0. The van der Waals surface area contributed by atoms with Gasteiger partial charge in [-0.05, 0) is 50.2 Å². The molecule has 36 heavy (non-hydrogen) atoms. The van der Waals surface area contributed by atoms with Gasteiger partial charge in [-0.15, -0.1) is 0 Å². The molecule has 12 heteroatoms. The van der Waals surface area contributed by atoms with Crippen molar-refractivity contribution in [2.45, 2.75) is 23.6 Å². The SMILES string of the molecule is Cc1ccc(S(=O)(=O)Oc2nc3nc4ccccc4nc3nc2OS(=O)(=O)c2ccc(C)cc2)cc1. The molecule has 0 saturated carbocycles. The first kappa shape index (κ1) is 23.6. The Kier molecular flexibility index (Phi) is 5.77. The van der Waals surface area contributed by atoms with Gasteiger partial charge in [0.05, 0.1) is 11.0 Å². The van der Waals surface area contributed by atoms with Gasteiger partial charge in [-0.1, -0.05) is 47.5 Å². The van der Waals surface area contributed by atoms with E-state index in [9.17, 15) is 16.8 Å². The zero-order valence-corrected chi connectivity index (χ0v) is 20.6. The largest absolute Gasteiger partial charge is 0.352 e. The molecule has 2 aromatic heterocycles. The van der Waals surface area contributed by atoms with Gasteiger partial charge in [0.25, 0.3) is 11.8 Å². The lowest BCUT2D eigenvalue weighted by molar-refractivity contribution is 0.432. The summed E-state index contributed by atoms with van der Waals surface area (Å²) in [6, 6.07) is 18.7. The minimum atomic E-state index is -4.42. The molecule has 0 atom stereocenters. The van der Waals surface area contributed by atoms with Crippen LogP contribution in [-0.2, 0) is 20.2 Å². The third-order valence-corrected chi connectivity index (χ3v) is 7.58. The molecule has 182 valence electrons. The molecule has 0 unspecified atom stereocenters. The fourth-order valence-electron chi connectivity index (χ4n) is 3.24. The van der Waals surface area contributed by atoms with Crippen LogP contribution in [0.2, 0.25) is 0 Å². The van der Waals surface area contributed by atoms with Crippen LogP contribution in [-0.4, -0.2) is 36.8 Å². The minimum absolute atomic E-state index is 0.0529. The Morgan fingerprint density at radius 1 is 0.528 bits per heavy atom. The van der Waals surface area contributed by atoms with E-state index in [4.69, 9.17) is 8.37 Å². The Balaban J connectivity index is 1.65. The molecular weight excluding hydrogens is 504 g/mol. The van der Waals surface area contributed by atoms with Crippen molar-refractivity contribution in [3.05, 3.63) is 83.9 Å². The van der Waals surface area contributed by atoms with Crippen LogP contribution in [0.3, 0.4) is 0 Å². The van der Waals surface area contributed by atoms with Crippen LogP contribution in [0.1, 0.15) is 11.1 Å². The number of hydrogen-bond donors (Lipinski definition) is 0. The Morgan fingerprint density at radius 2 is 0.889 bits per heavy atom. The van der Waals surface area contributed by atoms with Crippen LogP contribution in [0.25, 0.3) is 22.3 Å². The second-order valence-corrected chi connectivity index (χ2v) is 11.0. The lowest BCUT2D eigenvalue weighted by Gasteiger charge is -2.12. The summed E-state index contributed by atoms with van der Waals surface area (Å²) in [4.78, 5) is 16.6. The highest BCUT2D eigenvalue weighted by atomic mass is 32.2. The number of benzene rings is 3. The third-order valence-electron chi connectivity index (χ3n) is 5.13. The highest BCUT2D eigenvalue weighted by Gasteiger charge is 2.27. The highest BCUT2D eigenvalue weighted by molar-refractivity contribution is 7.87. The predicted octanol–water partition coefficient (Wildman–Crippen LogP) is 3.73. The maximum atomic E-state index is 13.0. The van der Waals surface area contributed by atoms with E-state index in [-0.39, 0.29) is 21.1 Å². The highest BCUT2D eigenvalue weighted by Crippen LogP contribution is 2.31. The van der Waals surface area contributed by atoms with Crippen molar-refractivity contribution >= 4 is 42.6 Å². The van der Waals surface area contributed by atoms with E-state index < -0.39 is 32.0 Å². The Labute approximate surface area is 206 Å². The van der Waals surface area contributed by atoms with Crippen molar-refractivity contribution in [3.8, 4) is 11.8 Å². The van der Waals surface area contributed by atoms with Gasteiger partial charge in [-0.2, -0.15) is 26.8 Å². The molecule has 10 nitrogen and oxygen atoms in total. The molecule has 0 aliphatic rings. The molecule has 5 rings (SSSR count). The summed E-state index contributed by atoms with van der Waals surface area (Å²) in [7, 11) is -8.83. The van der Waals surface area contributed by atoms with Crippen molar-refractivity contribution in [2.24, 2.45) is 0 Å². The number of para-hydroxylation sites is 2. The van der Waals surface area contributed by atoms with Crippen molar-refractivity contribution in [2.75, 3.05) is 0 Å². The maximum Gasteiger partial charge on any atom is 0.340 e. The Morgan fingerprint density at radius 3 is 1.25 bits per heavy atom. The molecule has 0 aliphatic carbocycles. The molecule has 5 aromatic rings. The third kappa shape index (κ3) is 4.68. The van der Waals surface area contributed by atoms with E-state index in [0.717, 1.165) is 11.1 Å². The Hall–Kier alpha value is -4.16. The average Bonchev–Trinajstić information content (AvgIpc) is 2.83. The lowest BCUT2D eigenvalue weighted by Crippen LogP contribution is -2.16. The first-order valence-electron chi connectivity index (χ1n) is 10.6. The van der Waals surface area contributed by atoms with E-state index in [1.807, 2.05) is 0 Å². The summed E-state index contributed by atoms with van der Waals surface area (Å²) in [5.74, 6) is -1.38. The van der Waals surface area contributed by atoms with Crippen molar-refractivity contribution < 1.29 is 25.2 Å². The van der Waals surface area contributed by atoms with Gasteiger partial charge in [-0.25, -0.2) is 9.97 Å². The molecule has 0 saturated heterocycles. The van der Waals surface area contributed by atoms with E-state index >= 15 is 0 Å². The molecule has 0 fully saturated rings. The first-order chi connectivity index (χ1) is 17.1. The summed E-state index contributed by atoms with van der Waals surface area (Å²) in [6.07, 6.45) is 0. The minimum Gasteiger partial charge on any atom is -0.352 e. The Bertz CT molecular complexity index is 1690. The van der Waals surface area contributed by atoms with Gasteiger partial charge >= 0.3 is 20.2 Å². The van der Waals surface area contributed by atoms with Crippen LogP contribution in [0.15, 0.2) is 82.6 Å². The normalized spacial score (nSPS) is 12.1. The van der Waals surface area contributed by atoms with Crippen LogP contribution in [0.4, 0.5) is 0 Å². The number of aryl methyl sites for hydroxylation is 2. The fraction of sp³-hybridized carbons (Fsp3) is 0.0833. The summed E-state index contributed by atoms with van der Waals surface area (Å²) < 4.78 is 62.3. The van der Waals surface area contributed by atoms with Gasteiger partial charge in [0.1, 0.15) is 9.79 Å². The van der Waals surface area contributed by atoms with Crippen LogP contribution in [0, 0.1) is 13.8 Å². The van der Waals surface area contributed by atoms with E-state index in [1.165, 1.54) is 24.3 Å². The second kappa shape index (κ2) is 8.81. The molecule has 0 aliphatic heterocycles.